The zero-order chi connectivity index (χ0) is 25.8. The van der Waals surface area contributed by atoms with Crippen molar-refractivity contribution in [2.75, 3.05) is 12.4 Å². The molecule has 2 aromatic rings. The fourth-order valence-corrected chi connectivity index (χ4v) is 3.38. The van der Waals surface area contributed by atoms with Crippen LogP contribution in [0.25, 0.3) is 0 Å². The van der Waals surface area contributed by atoms with Crippen molar-refractivity contribution in [3.05, 3.63) is 71.8 Å². The topological polar surface area (TPSA) is 171 Å². The Morgan fingerprint density at radius 1 is 0.743 bits per heavy atom. The molecule has 0 aliphatic heterocycles. The van der Waals surface area contributed by atoms with Crippen molar-refractivity contribution in [1.82, 2.24) is 16.0 Å². The van der Waals surface area contributed by atoms with Crippen molar-refractivity contribution in [3.8, 4) is 0 Å². The van der Waals surface area contributed by atoms with Crippen LogP contribution >= 0.6 is 12.6 Å². The van der Waals surface area contributed by atoms with Crippen LogP contribution < -0.4 is 21.7 Å². The third kappa shape index (κ3) is 9.04. The van der Waals surface area contributed by atoms with Gasteiger partial charge in [0.1, 0.15) is 18.1 Å². The molecule has 0 saturated heterocycles. The van der Waals surface area contributed by atoms with Crippen molar-refractivity contribution in [1.29, 1.82) is 0 Å². The molecular weight excluding hydrogens is 472 g/mol. The first kappa shape index (κ1) is 27.8. The molecule has 0 aliphatic carbocycles. The van der Waals surface area contributed by atoms with Gasteiger partial charge in [-0.3, -0.25) is 14.4 Å². The summed E-state index contributed by atoms with van der Waals surface area (Å²) in [4.78, 5) is 49.8. The molecule has 0 fully saturated rings. The molecule has 3 amide bonds. The van der Waals surface area contributed by atoms with Crippen molar-refractivity contribution in [2.45, 2.75) is 37.0 Å². The third-order valence-electron chi connectivity index (χ3n) is 5.16. The molecule has 35 heavy (non-hydrogen) atoms. The Kier molecular flexibility index (Phi) is 11.2. The van der Waals surface area contributed by atoms with Crippen LogP contribution in [0.5, 0.6) is 0 Å². The monoisotopic (exact) mass is 502 g/mol. The first-order valence-electron chi connectivity index (χ1n) is 10.9. The van der Waals surface area contributed by atoms with Gasteiger partial charge in [-0.15, -0.1) is 0 Å². The Hall–Kier alpha value is -3.41. The van der Waals surface area contributed by atoms with Gasteiger partial charge in [-0.05, 0) is 11.1 Å². The predicted molar refractivity (Wildman–Crippen MR) is 133 cm³/mol. The summed E-state index contributed by atoms with van der Waals surface area (Å²) in [6.07, 6.45) is 0.185. The molecule has 10 nitrogen and oxygen atoms in total. The summed E-state index contributed by atoms with van der Waals surface area (Å²) in [6.45, 7) is -0.818. The minimum absolute atomic E-state index is 0.0539. The van der Waals surface area contributed by atoms with Gasteiger partial charge in [0.25, 0.3) is 0 Å². The van der Waals surface area contributed by atoms with Gasteiger partial charge in [0.15, 0.2) is 0 Å². The second kappa shape index (κ2) is 14.1. The summed E-state index contributed by atoms with van der Waals surface area (Å²) in [5.41, 5.74) is 7.22. The summed E-state index contributed by atoms with van der Waals surface area (Å²) in [5.74, 6) is -3.37. The maximum Gasteiger partial charge on any atom is 0.328 e. The molecule has 0 heterocycles. The highest BCUT2D eigenvalue weighted by Gasteiger charge is 2.30. The highest BCUT2D eigenvalue weighted by molar-refractivity contribution is 7.80. The van der Waals surface area contributed by atoms with E-state index >= 15 is 0 Å². The number of nitrogens with two attached hydrogens (primary N) is 1. The number of hydrogen-bond acceptors (Lipinski definition) is 7. The van der Waals surface area contributed by atoms with E-state index in [0.29, 0.717) is 5.56 Å². The molecule has 0 saturated carbocycles. The van der Waals surface area contributed by atoms with Crippen LogP contribution in [0.15, 0.2) is 60.7 Å². The second-order valence-corrected chi connectivity index (χ2v) is 8.24. The molecule has 4 unspecified atom stereocenters. The number of aliphatic hydroxyl groups excluding tert-OH is 1. The van der Waals surface area contributed by atoms with Gasteiger partial charge in [0, 0.05) is 18.6 Å². The molecular formula is C24H30N4O6S. The molecule has 2 rings (SSSR count). The van der Waals surface area contributed by atoms with Crippen LogP contribution in [-0.4, -0.2) is 70.4 Å². The smallest absolute Gasteiger partial charge is 0.328 e. The predicted octanol–water partition coefficient (Wildman–Crippen LogP) is -0.740. The van der Waals surface area contributed by atoms with Crippen molar-refractivity contribution >= 4 is 36.3 Å². The highest BCUT2D eigenvalue weighted by Crippen LogP contribution is 2.08. The average Bonchev–Trinajstić information content (AvgIpc) is 2.86. The molecule has 4 atom stereocenters. The zero-order valence-corrected chi connectivity index (χ0v) is 19.9. The normalized spacial score (nSPS) is 14.1. The fourth-order valence-electron chi connectivity index (χ4n) is 3.21. The Morgan fingerprint density at radius 3 is 1.51 bits per heavy atom. The maximum atomic E-state index is 13.3. The number of carboxylic acids is 1. The summed E-state index contributed by atoms with van der Waals surface area (Å²) >= 11 is 4.02. The van der Waals surface area contributed by atoms with Crippen molar-refractivity contribution in [3.63, 3.8) is 0 Å². The van der Waals surface area contributed by atoms with E-state index in [0.717, 1.165) is 5.56 Å². The summed E-state index contributed by atoms with van der Waals surface area (Å²) in [5, 5.41) is 25.9. The molecule has 0 aromatic heterocycles. The standard InChI is InChI=1S/C24H30N4O6S/c25-17(14-35)21(30)26-18(11-15-7-3-1-4-8-15)22(31)27-19(12-16-9-5-2-6-10-16)23(32)28-20(13-29)24(33)34/h1-10,17-20,29,35H,11-14,25H2,(H,26,30)(H,27,31)(H,28,32)(H,33,34). The van der Waals surface area contributed by atoms with E-state index in [2.05, 4.69) is 28.6 Å². The van der Waals surface area contributed by atoms with E-state index in [1.807, 2.05) is 6.07 Å². The quantitative estimate of drug-likeness (QED) is 0.177. The lowest BCUT2D eigenvalue weighted by Crippen LogP contribution is -2.58. The first-order chi connectivity index (χ1) is 16.7. The van der Waals surface area contributed by atoms with Gasteiger partial charge in [0.05, 0.1) is 12.6 Å². The Labute approximate surface area is 208 Å². The highest BCUT2D eigenvalue weighted by atomic mass is 32.1. The van der Waals surface area contributed by atoms with E-state index in [4.69, 9.17) is 5.73 Å². The van der Waals surface area contributed by atoms with Crippen molar-refractivity contribution in [2.24, 2.45) is 5.73 Å². The summed E-state index contributed by atoms with van der Waals surface area (Å²) < 4.78 is 0. The largest absolute Gasteiger partial charge is 0.480 e. The van der Waals surface area contributed by atoms with Gasteiger partial charge in [0.2, 0.25) is 17.7 Å². The van der Waals surface area contributed by atoms with Crippen molar-refractivity contribution < 1.29 is 29.4 Å². The Bertz CT molecular complexity index is 992. The number of carbonyl (C=O) groups excluding carboxylic acids is 3. The summed E-state index contributed by atoms with van der Waals surface area (Å²) in [7, 11) is 0. The number of aliphatic carboxylic acids is 1. The van der Waals surface area contributed by atoms with Gasteiger partial charge in [-0.2, -0.15) is 12.6 Å². The van der Waals surface area contributed by atoms with Gasteiger partial charge in [-0.25, -0.2) is 4.79 Å². The van der Waals surface area contributed by atoms with Gasteiger partial charge in [-0.1, -0.05) is 60.7 Å². The molecule has 2 aromatic carbocycles. The van der Waals surface area contributed by atoms with E-state index in [-0.39, 0.29) is 18.6 Å². The van der Waals surface area contributed by atoms with E-state index < -0.39 is 54.5 Å². The zero-order valence-electron chi connectivity index (χ0n) is 19.0. The van der Waals surface area contributed by atoms with Gasteiger partial charge < -0.3 is 31.9 Å². The Balaban J connectivity index is 2.27. The minimum Gasteiger partial charge on any atom is -0.480 e. The lowest BCUT2D eigenvalue weighted by Gasteiger charge is -2.25. The number of amides is 3. The lowest BCUT2D eigenvalue weighted by molar-refractivity contribution is -0.143. The molecule has 0 spiro atoms. The maximum absolute atomic E-state index is 13.3. The number of hydrogen-bond donors (Lipinski definition) is 7. The lowest BCUT2D eigenvalue weighted by atomic mass is 10.0. The van der Waals surface area contributed by atoms with Crippen LogP contribution in [-0.2, 0) is 32.0 Å². The van der Waals surface area contributed by atoms with Crippen LogP contribution in [0.3, 0.4) is 0 Å². The first-order valence-corrected chi connectivity index (χ1v) is 11.6. The minimum atomic E-state index is -1.54. The number of aliphatic hydroxyl groups is 1. The number of carboxylic acid groups (broad SMARTS) is 1. The Morgan fingerprint density at radius 2 is 1.14 bits per heavy atom. The third-order valence-corrected chi connectivity index (χ3v) is 5.56. The fraction of sp³-hybridized carbons (Fsp3) is 0.333. The van der Waals surface area contributed by atoms with Crippen LogP contribution in [0.1, 0.15) is 11.1 Å². The van der Waals surface area contributed by atoms with Crippen LogP contribution in [0.4, 0.5) is 0 Å². The van der Waals surface area contributed by atoms with Crippen LogP contribution in [0.2, 0.25) is 0 Å². The molecule has 188 valence electrons. The molecule has 0 bridgehead atoms. The van der Waals surface area contributed by atoms with E-state index in [1.54, 1.807) is 54.6 Å². The molecule has 0 radical (unpaired) electrons. The number of rotatable bonds is 13. The second-order valence-electron chi connectivity index (χ2n) is 7.87. The number of thiol groups is 1. The SMILES string of the molecule is NC(CS)C(=O)NC(Cc1ccccc1)C(=O)NC(Cc1ccccc1)C(=O)NC(CO)C(=O)O. The molecule has 0 aliphatic rings. The number of benzene rings is 2. The number of carbonyl (C=O) groups is 4. The van der Waals surface area contributed by atoms with Crippen LogP contribution in [0, 0.1) is 0 Å². The summed E-state index contributed by atoms with van der Waals surface area (Å²) in [6, 6.07) is 13.1. The molecule has 11 heteroatoms. The van der Waals surface area contributed by atoms with E-state index in [9.17, 15) is 29.4 Å². The van der Waals surface area contributed by atoms with E-state index in [1.165, 1.54) is 0 Å². The van der Waals surface area contributed by atoms with Gasteiger partial charge >= 0.3 is 5.97 Å². The molecule has 7 N–H and O–H groups in total. The number of nitrogens with one attached hydrogen (secondary N) is 3. The average molecular weight is 503 g/mol.